The van der Waals surface area contributed by atoms with Gasteiger partial charge in [-0.2, -0.15) is 0 Å². The standard InChI is InChI=1S/C19H17ClFN5O/c1-26(2)14-6-3-12(4-7-14)25-19(27)17-10-23-18(11-22-17)24-13-5-8-16(21)15(20)9-13/h3-11H,1-2H3,(H,23,24)(H,25,27). The Morgan fingerprint density at radius 2 is 1.74 bits per heavy atom. The van der Waals surface area contributed by atoms with E-state index in [1.165, 1.54) is 30.6 Å². The summed E-state index contributed by atoms with van der Waals surface area (Å²) in [5, 5.41) is 5.72. The largest absolute Gasteiger partial charge is 0.378 e. The molecule has 1 heterocycles. The summed E-state index contributed by atoms with van der Waals surface area (Å²) < 4.78 is 13.2. The lowest BCUT2D eigenvalue weighted by molar-refractivity contribution is 0.102. The molecule has 1 aromatic heterocycles. The fourth-order valence-corrected chi connectivity index (χ4v) is 2.45. The molecule has 0 saturated carbocycles. The number of hydrogen-bond donors (Lipinski definition) is 2. The highest BCUT2D eigenvalue weighted by molar-refractivity contribution is 6.31. The van der Waals surface area contributed by atoms with Crippen molar-refractivity contribution in [3.05, 3.63) is 71.4 Å². The van der Waals surface area contributed by atoms with Crippen LogP contribution in [0.15, 0.2) is 54.9 Å². The average molecular weight is 386 g/mol. The topological polar surface area (TPSA) is 70.2 Å². The highest BCUT2D eigenvalue weighted by atomic mass is 35.5. The molecule has 0 fully saturated rings. The second-order valence-electron chi connectivity index (χ2n) is 5.94. The summed E-state index contributed by atoms with van der Waals surface area (Å²) in [6.45, 7) is 0. The third-order valence-corrected chi connectivity index (χ3v) is 4.01. The molecule has 27 heavy (non-hydrogen) atoms. The zero-order chi connectivity index (χ0) is 19.4. The Balaban J connectivity index is 1.65. The third kappa shape index (κ3) is 4.71. The van der Waals surface area contributed by atoms with E-state index in [2.05, 4.69) is 20.6 Å². The van der Waals surface area contributed by atoms with Crippen LogP contribution in [-0.4, -0.2) is 30.0 Å². The van der Waals surface area contributed by atoms with Gasteiger partial charge < -0.3 is 15.5 Å². The second kappa shape index (κ2) is 8.01. The zero-order valence-corrected chi connectivity index (χ0v) is 15.5. The predicted octanol–water partition coefficient (Wildman–Crippen LogP) is 4.33. The van der Waals surface area contributed by atoms with Gasteiger partial charge in [-0.1, -0.05) is 11.6 Å². The monoisotopic (exact) mass is 385 g/mol. The SMILES string of the molecule is CN(C)c1ccc(NC(=O)c2cnc(Nc3ccc(F)c(Cl)c3)cn2)cc1. The van der Waals surface area contributed by atoms with E-state index in [9.17, 15) is 9.18 Å². The summed E-state index contributed by atoms with van der Waals surface area (Å²) in [6, 6.07) is 11.7. The van der Waals surface area contributed by atoms with Crippen LogP contribution in [0.1, 0.15) is 10.5 Å². The van der Waals surface area contributed by atoms with Crippen LogP contribution in [0.25, 0.3) is 0 Å². The van der Waals surface area contributed by atoms with Crippen LogP contribution in [0, 0.1) is 5.82 Å². The van der Waals surface area contributed by atoms with Crippen LogP contribution in [0.2, 0.25) is 5.02 Å². The first-order valence-electron chi connectivity index (χ1n) is 8.05. The number of rotatable bonds is 5. The first-order chi connectivity index (χ1) is 12.9. The van der Waals surface area contributed by atoms with E-state index in [0.717, 1.165) is 5.69 Å². The molecule has 1 amide bonds. The number of halogens is 2. The Bertz CT molecular complexity index is 945. The summed E-state index contributed by atoms with van der Waals surface area (Å²) in [7, 11) is 3.89. The summed E-state index contributed by atoms with van der Waals surface area (Å²) in [5.74, 6) is -0.458. The van der Waals surface area contributed by atoms with Gasteiger partial charge in [0, 0.05) is 31.2 Å². The molecule has 3 rings (SSSR count). The Hall–Kier alpha value is -3.19. The maximum absolute atomic E-state index is 13.2. The fraction of sp³-hybridized carbons (Fsp3) is 0.105. The minimum atomic E-state index is -0.501. The van der Waals surface area contributed by atoms with E-state index in [1.807, 2.05) is 43.3 Å². The van der Waals surface area contributed by atoms with Crippen molar-refractivity contribution in [2.45, 2.75) is 0 Å². The molecule has 0 saturated heterocycles. The van der Waals surface area contributed by atoms with Gasteiger partial charge in [-0.3, -0.25) is 4.79 Å². The Kier molecular flexibility index (Phi) is 5.52. The quantitative estimate of drug-likeness (QED) is 0.684. The maximum atomic E-state index is 13.2. The number of amides is 1. The number of anilines is 4. The van der Waals surface area contributed by atoms with E-state index in [4.69, 9.17) is 11.6 Å². The number of aromatic nitrogens is 2. The van der Waals surface area contributed by atoms with E-state index >= 15 is 0 Å². The summed E-state index contributed by atoms with van der Waals surface area (Å²) in [5.41, 5.74) is 2.43. The van der Waals surface area contributed by atoms with Crippen LogP contribution in [0.3, 0.4) is 0 Å². The minimum absolute atomic E-state index is 0.00393. The van der Waals surface area contributed by atoms with Gasteiger partial charge in [0.05, 0.1) is 17.4 Å². The van der Waals surface area contributed by atoms with Gasteiger partial charge >= 0.3 is 0 Å². The molecule has 138 valence electrons. The highest BCUT2D eigenvalue weighted by Gasteiger charge is 2.09. The Morgan fingerprint density at radius 1 is 1.04 bits per heavy atom. The summed E-state index contributed by atoms with van der Waals surface area (Å²) in [4.78, 5) is 22.5. The van der Waals surface area contributed by atoms with Crippen LogP contribution in [0.4, 0.5) is 27.3 Å². The van der Waals surface area contributed by atoms with E-state index in [1.54, 1.807) is 0 Å². The molecule has 0 aliphatic rings. The highest BCUT2D eigenvalue weighted by Crippen LogP contribution is 2.22. The molecular formula is C19H17ClFN5O. The van der Waals surface area contributed by atoms with Crippen molar-refractivity contribution in [2.75, 3.05) is 29.6 Å². The van der Waals surface area contributed by atoms with E-state index < -0.39 is 5.82 Å². The van der Waals surface area contributed by atoms with Crippen molar-refractivity contribution in [1.82, 2.24) is 9.97 Å². The lowest BCUT2D eigenvalue weighted by Crippen LogP contribution is -2.14. The number of hydrogen-bond acceptors (Lipinski definition) is 5. The smallest absolute Gasteiger partial charge is 0.275 e. The molecule has 0 aliphatic heterocycles. The zero-order valence-electron chi connectivity index (χ0n) is 14.7. The molecule has 2 N–H and O–H groups in total. The molecule has 0 bridgehead atoms. The molecule has 0 unspecified atom stereocenters. The molecule has 6 nitrogen and oxygen atoms in total. The lowest BCUT2D eigenvalue weighted by atomic mass is 10.2. The van der Waals surface area contributed by atoms with Crippen LogP contribution >= 0.6 is 11.6 Å². The Labute approximate surface area is 161 Å². The fourth-order valence-electron chi connectivity index (χ4n) is 2.27. The molecule has 0 atom stereocenters. The van der Waals surface area contributed by atoms with Crippen molar-refractivity contribution in [3.63, 3.8) is 0 Å². The van der Waals surface area contributed by atoms with Gasteiger partial charge in [-0.05, 0) is 42.5 Å². The third-order valence-electron chi connectivity index (χ3n) is 3.72. The van der Waals surface area contributed by atoms with Crippen LogP contribution in [0.5, 0.6) is 0 Å². The van der Waals surface area contributed by atoms with Gasteiger partial charge in [0.15, 0.2) is 0 Å². The second-order valence-corrected chi connectivity index (χ2v) is 6.34. The van der Waals surface area contributed by atoms with Crippen molar-refractivity contribution < 1.29 is 9.18 Å². The molecule has 3 aromatic rings. The normalized spacial score (nSPS) is 10.4. The lowest BCUT2D eigenvalue weighted by Gasteiger charge is -2.13. The number of nitrogens with zero attached hydrogens (tertiary/aromatic N) is 3. The maximum Gasteiger partial charge on any atom is 0.275 e. The average Bonchev–Trinajstić information content (AvgIpc) is 2.66. The predicted molar refractivity (Wildman–Crippen MR) is 105 cm³/mol. The molecule has 0 radical (unpaired) electrons. The van der Waals surface area contributed by atoms with Gasteiger partial charge in [0.2, 0.25) is 0 Å². The molecule has 2 aromatic carbocycles. The minimum Gasteiger partial charge on any atom is -0.378 e. The molecule has 0 spiro atoms. The number of carbonyl (C=O) groups excluding carboxylic acids is 1. The molecule has 8 heteroatoms. The van der Waals surface area contributed by atoms with Crippen molar-refractivity contribution in [1.29, 1.82) is 0 Å². The number of benzene rings is 2. The van der Waals surface area contributed by atoms with E-state index in [0.29, 0.717) is 17.2 Å². The van der Waals surface area contributed by atoms with Crippen LogP contribution < -0.4 is 15.5 Å². The van der Waals surface area contributed by atoms with E-state index in [-0.39, 0.29) is 16.6 Å². The van der Waals surface area contributed by atoms with Gasteiger partial charge in [0.25, 0.3) is 5.91 Å². The molecule has 0 aliphatic carbocycles. The first kappa shape index (κ1) is 18.6. The summed E-state index contributed by atoms with van der Waals surface area (Å²) in [6.07, 6.45) is 2.78. The van der Waals surface area contributed by atoms with Gasteiger partial charge in [-0.15, -0.1) is 0 Å². The molecular weight excluding hydrogens is 369 g/mol. The number of nitrogens with one attached hydrogen (secondary N) is 2. The summed E-state index contributed by atoms with van der Waals surface area (Å²) >= 11 is 5.74. The van der Waals surface area contributed by atoms with Crippen molar-refractivity contribution in [2.24, 2.45) is 0 Å². The van der Waals surface area contributed by atoms with Gasteiger partial charge in [0.1, 0.15) is 17.3 Å². The number of carbonyl (C=O) groups is 1. The van der Waals surface area contributed by atoms with Gasteiger partial charge in [-0.25, -0.2) is 14.4 Å². The van der Waals surface area contributed by atoms with Crippen LogP contribution in [-0.2, 0) is 0 Å². The first-order valence-corrected chi connectivity index (χ1v) is 8.43. The Morgan fingerprint density at radius 3 is 2.33 bits per heavy atom. The van der Waals surface area contributed by atoms with Crippen molar-refractivity contribution in [3.8, 4) is 0 Å². The van der Waals surface area contributed by atoms with Crippen molar-refractivity contribution >= 4 is 40.4 Å².